The number of aromatic nitrogens is 1. The highest BCUT2D eigenvalue weighted by atomic mass is 79.9. The van der Waals surface area contributed by atoms with Crippen LogP contribution in [0.1, 0.15) is 15.9 Å². The third-order valence-corrected chi connectivity index (χ3v) is 4.50. The first-order valence-electron chi connectivity index (χ1n) is 7.47. The molecule has 3 aromatic rings. The van der Waals surface area contributed by atoms with Crippen molar-refractivity contribution in [1.82, 2.24) is 4.57 Å². The van der Waals surface area contributed by atoms with E-state index in [0.29, 0.717) is 5.39 Å². The predicted octanol–water partition coefficient (Wildman–Crippen LogP) is 4.79. The van der Waals surface area contributed by atoms with Crippen molar-refractivity contribution in [3.05, 3.63) is 62.1 Å². The molecular weight excluding hydrogens is 404 g/mol. The number of nitro benzene ring substituents is 1. The number of non-ortho nitro benzene ring substituents is 1. The zero-order valence-electron chi connectivity index (χ0n) is 13.8. The SMILES string of the molecule is Cc1cc(Br)c2c(c1)c(N=NC(=O)c1ccc([N+](=O)[O-])cc1)c(O)n2C. The Morgan fingerprint density at radius 2 is 1.92 bits per heavy atom. The van der Waals surface area contributed by atoms with Gasteiger partial charge >= 0.3 is 0 Å². The number of carbonyl (C=O) groups is 1. The van der Waals surface area contributed by atoms with E-state index in [0.717, 1.165) is 15.6 Å². The summed E-state index contributed by atoms with van der Waals surface area (Å²) in [6, 6.07) is 8.80. The Morgan fingerprint density at radius 3 is 2.54 bits per heavy atom. The van der Waals surface area contributed by atoms with E-state index < -0.39 is 10.8 Å². The average Bonchev–Trinajstić information content (AvgIpc) is 2.83. The Bertz CT molecular complexity index is 1070. The van der Waals surface area contributed by atoms with Crippen molar-refractivity contribution in [2.24, 2.45) is 17.3 Å². The molecule has 0 radical (unpaired) electrons. The van der Waals surface area contributed by atoms with E-state index in [4.69, 9.17) is 0 Å². The smallest absolute Gasteiger partial charge is 0.295 e. The highest BCUT2D eigenvalue weighted by Crippen LogP contribution is 2.41. The lowest BCUT2D eigenvalue weighted by molar-refractivity contribution is -0.384. The molecule has 0 aliphatic heterocycles. The minimum absolute atomic E-state index is 0.119. The van der Waals surface area contributed by atoms with Crippen molar-refractivity contribution in [2.45, 2.75) is 6.92 Å². The molecule has 0 aliphatic rings. The van der Waals surface area contributed by atoms with Crippen LogP contribution in [-0.4, -0.2) is 20.5 Å². The van der Waals surface area contributed by atoms with Crippen molar-refractivity contribution in [3.63, 3.8) is 0 Å². The van der Waals surface area contributed by atoms with Crippen molar-refractivity contribution in [2.75, 3.05) is 0 Å². The molecule has 1 aromatic heterocycles. The lowest BCUT2D eigenvalue weighted by Gasteiger charge is -2.01. The van der Waals surface area contributed by atoms with Gasteiger partial charge in [-0.25, -0.2) is 0 Å². The lowest BCUT2D eigenvalue weighted by Crippen LogP contribution is -1.94. The molecule has 0 atom stereocenters. The highest BCUT2D eigenvalue weighted by Gasteiger charge is 2.18. The number of hydrogen-bond acceptors (Lipinski definition) is 5. The third-order valence-electron chi connectivity index (χ3n) is 3.89. The number of nitro groups is 1. The molecule has 0 spiro atoms. The Hall–Kier alpha value is -3.07. The summed E-state index contributed by atoms with van der Waals surface area (Å²) in [5.41, 5.74) is 1.90. The molecule has 9 heteroatoms. The van der Waals surface area contributed by atoms with Crippen LogP contribution in [-0.2, 0) is 7.05 Å². The lowest BCUT2D eigenvalue weighted by atomic mass is 10.1. The highest BCUT2D eigenvalue weighted by molar-refractivity contribution is 9.10. The van der Waals surface area contributed by atoms with Gasteiger partial charge in [0.15, 0.2) is 5.69 Å². The van der Waals surface area contributed by atoms with Crippen LogP contribution < -0.4 is 0 Å². The summed E-state index contributed by atoms with van der Waals surface area (Å²) in [4.78, 5) is 22.3. The first-order valence-corrected chi connectivity index (χ1v) is 8.27. The number of aryl methyl sites for hydroxylation is 2. The molecule has 0 unspecified atom stereocenters. The molecule has 1 heterocycles. The maximum absolute atomic E-state index is 12.2. The fourth-order valence-electron chi connectivity index (χ4n) is 2.62. The van der Waals surface area contributed by atoms with E-state index >= 15 is 0 Å². The number of azo groups is 1. The Balaban J connectivity index is 1.99. The number of fused-ring (bicyclic) bond motifs is 1. The zero-order chi connectivity index (χ0) is 19.0. The van der Waals surface area contributed by atoms with Gasteiger partial charge < -0.3 is 9.67 Å². The minimum atomic E-state index is -0.664. The topological polar surface area (TPSA) is 110 Å². The normalized spacial score (nSPS) is 11.3. The number of amides is 1. The Labute approximate surface area is 156 Å². The van der Waals surface area contributed by atoms with Crippen LogP contribution in [0, 0.1) is 17.0 Å². The molecule has 0 fully saturated rings. The van der Waals surface area contributed by atoms with Crippen molar-refractivity contribution in [1.29, 1.82) is 0 Å². The third kappa shape index (κ3) is 3.08. The first-order chi connectivity index (χ1) is 12.3. The van der Waals surface area contributed by atoms with Gasteiger partial charge in [-0.2, -0.15) is 0 Å². The van der Waals surface area contributed by atoms with E-state index in [-0.39, 0.29) is 22.8 Å². The zero-order valence-corrected chi connectivity index (χ0v) is 15.4. The Kier molecular flexibility index (Phi) is 4.56. The summed E-state index contributed by atoms with van der Waals surface area (Å²) in [5.74, 6) is -0.783. The van der Waals surface area contributed by atoms with E-state index in [1.54, 1.807) is 11.6 Å². The standard InChI is InChI=1S/C17H13BrN4O4/c1-9-7-12-14(17(24)21(2)15(12)13(18)8-9)19-20-16(23)10-3-5-11(6-4-10)22(25)26/h3-8,24H,1-2H3. The van der Waals surface area contributed by atoms with Gasteiger partial charge in [0.25, 0.3) is 11.6 Å². The molecule has 0 saturated carbocycles. The first kappa shape index (κ1) is 17.7. The van der Waals surface area contributed by atoms with E-state index in [2.05, 4.69) is 26.2 Å². The van der Waals surface area contributed by atoms with E-state index in [1.165, 1.54) is 24.3 Å². The van der Waals surface area contributed by atoms with Gasteiger partial charge in [0.05, 0.1) is 10.4 Å². The molecule has 8 nitrogen and oxygen atoms in total. The summed E-state index contributed by atoms with van der Waals surface area (Å²) >= 11 is 3.45. The fraction of sp³-hybridized carbons (Fsp3) is 0.118. The van der Waals surface area contributed by atoms with Gasteiger partial charge in [-0.3, -0.25) is 14.9 Å². The molecule has 26 heavy (non-hydrogen) atoms. The van der Waals surface area contributed by atoms with Crippen LogP contribution in [0.4, 0.5) is 11.4 Å². The van der Waals surface area contributed by atoms with Crippen molar-refractivity contribution < 1.29 is 14.8 Å². The van der Waals surface area contributed by atoms with Gasteiger partial charge in [-0.15, -0.1) is 10.2 Å². The van der Waals surface area contributed by atoms with Crippen LogP contribution >= 0.6 is 15.9 Å². The molecule has 3 rings (SSSR count). The van der Waals surface area contributed by atoms with Crippen LogP contribution in [0.3, 0.4) is 0 Å². The number of carbonyl (C=O) groups excluding carboxylic acids is 1. The number of halogens is 1. The number of aromatic hydroxyl groups is 1. The van der Waals surface area contributed by atoms with Gasteiger partial charge in [0.1, 0.15) is 0 Å². The number of benzene rings is 2. The molecule has 2 aromatic carbocycles. The van der Waals surface area contributed by atoms with E-state index in [1.807, 2.05) is 19.1 Å². The Morgan fingerprint density at radius 1 is 1.27 bits per heavy atom. The van der Waals surface area contributed by atoms with Crippen LogP contribution in [0.15, 0.2) is 51.1 Å². The summed E-state index contributed by atoms with van der Waals surface area (Å²) in [6.07, 6.45) is 0. The monoisotopic (exact) mass is 416 g/mol. The largest absolute Gasteiger partial charge is 0.493 e. The average molecular weight is 417 g/mol. The van der Waals surface area contributed by atoms with Crippen LogP contribution in [0.25, 0.3) is 10.9 Å². The summed E-state index contributed by atoms with van der Waals surface area (Å²) < 4.78 is 2.33. The predicted molar refractivity (Wildman–Crippen MR) is 99.0 cm³/mol. The van der Waals surface area contributed by atoms with Crippen molar-refractivity contribution >= 4 is 44.1 Å². The number of nitrogens with zero attached hydrogens (tertiary/aromatic N) is 4. The quantitative estimate of drug-likeness (QED) is 0.375. The fourth-order valence-corrected chi connectivity index (χ4v) is 3.46. The second-order valence-corrected chi connectivity index (χ2v) is 6.54. The number of hydrogen-bond donors (Lipinski definition) is 1. The molecule has 1 amide bonds. The van der Waals surface area contributed by atoms with Gasteiger partial charge in [0, 0.05) is 34.6 Å². The molecule has 0 saturated heterocycles. The number of rotatable bonds is 3. The second kappa shape index (κ2) is 6.68. The maximum atomic E-state index is 12.2. The molecule has 0 aliphatic carbocycles. The minimum Gasteiger partial charge on any atom is -0.493 e. The van der Waals surface area contributed by atoms with Crippen molar-refractivity contribution in [3.8, 4) is 5.88 Å². The van der Waals surface area contributed by atoms with Gasteiger partial charge in [-0.05, 0) is 52.7 Å². The van der Waals surface area contributed by atoms with Crippen LogP contribution in [0.5, 0.6) is 5.88 Å². The summed E-state index contributed by atoms with van der Waals surface area (Å²) in [6.45, 7) is 1.90. The molecule has 1 N–H and O–H groups in total. The molecule has 0 bridgehead atoms. The van der Waals surface area contributed by atoms with E-state index in [9.17, 15) is 20.0 Å². The van der Waals surface area contributed by atoms with Crippen LogP contribution in [0.2, 0.25) is 0 Å². The maximum Gasteiger partial charge on any atom is 0.295 e. The summed E-state index contributed by atoms with van der Waals surface area (Å²) in [7, 11) is 1.68. The van der Waals surface area contributed by atoms with Gasteiger partial charge in [-0.1, -0.05) is 0 Å². The summed E-state index contributed by atoms with van der Waals surface area (Å²) in [5, 5.41) is 29.2. The molecule has 132 valence electrons. The second-order valence-electron chi connectivity index (χ2n) is 5.68. The van der Waals surface area contributed by atoms with Gasteiger partial charge in [0.2, 0.25) is 5.88 Å². The molecular formula is C17H13BrN4O4.